The molecule has 1 amide bonds. The van der Waals surface area contributed by atoms with Gasteiger partial charge in [-0.2, -0.15) is 4.31 Å². The second kappa shape index (κ2) is 6.68. The Bertz CT molecular complexity index is 607. The number of sulfonamides is 1. The average Bonchev–Trinajstić information content (AvgIpc) is 3.20. The lowest BCUT2D eigenvalue weighted by Crippen LogP contribution is -2.49. The fourth-order valence-corrected chi connectivity index (χ4v) is 6.14. The van der Waals surface area contributed by atoms with E-state index in [9.17, 15) is 13.2 Å². The second-order valence-corrected chi connectivity index (χ2v) is 9.11. The van der Waals surface area contributed by atoms with Crippen LogP contribution in [-0.2, 0) is 14.8 Å². The van der Waals surface area contributed by atoms with Gasteiger partial charge >= 0.3 is 0 Å². The normalized spacial score (nSPS) is 24.5. The fraction of sp³-hybridized carbons (Fsp3) is 0.667. The van der Waals surface area contributed by atoms with Crippen LogP contribution in [0.1, 0.15) is 44.9 Å². The molecule has 7 heteroatoms. The number of hydrogen-bond acceptors (Lipinski definition) is 4. The summed E-state index contributed by atoms with van der Waals surface area (Å²) < 4.78 is 27.0. The van der Waals surface area contributed by atoms with Gasteiger partial charge < -0.3 is 5.32 Å². The van der Waals surface area contributed by atoms with Crippen LogP contribution in [0, 0.1) is 0 Å². The van der Waals surface area contributed by atoms with E-state index in [1.807, 2.05) is 0 Å². The van der Waals surface area contributed by atoms with Gasteiger partial charge in [-0.3, -0.25) is 4.79 Å². The van der Waals surface area contributed by atoms with E-state index >= 15 is 0 Å². The zero-order chi connectivity index (χ0) is 15.6. The Balaban J connectivity index is 1.71. The summed E-state index contributed by atoms with van der Waals surface area (Å²) in [4.78, 5) is 12.5. The molecule has 0 radical (unpaired) electrons. The summed E-state index contributed by atoms with van der Waals surface area (Å²) in [6, 6.07) is 3.00. The number of amides is 1. The monoisotopic (exact) mass is 342 g/mol. The molecule has 3 rings (SSSR count). The van der Waals surface area contributed by atoms with Gasteiger partial charge in [0.15, 0.2) is 0 Å². The lowest BCUT2D eigenvalue weighted by molar-refractivity contribution is -0.125. The molecule has 1 saturated heterocycles. The number of nitrogens with one attached hydrogen (secondary N) is 1. The highest BCUT2D eigenvalue weighted by Gasteiger charge is 2.40. The van der Waals surface area contributed by atoms with Crippen LogP contribution in [0.2, 0.25) is 0 Å². The lowest BCUT2D eigenvalue weighted by Gasteiger charge is -2.27. The summed E-state index contributed by atoms with van der Waals surface area (Å²) >= 11 is 1.20. The largest absolute Gasteiger partial charge is 0.352 e. The van der Waals surface area contributed by atoms with E-state index in [1.165, 1.54) is 22.1 Å². The van der Waals surface area contributed by atoms with E-state index < -0.39 is 16.1 Å². The Labute approximate surface area is 135 Å². The Morgan fingerprint density at radius 1 is 1.18 bits per heavy atom. The highest BCUT2D eigenvalue weighted by atomic mass is 32.2. The molecular formula is C15H22N2O3S2. The quantitative estimate of drug-likeness (QED) is 0.913. The molecule has 2 heterocycles. The van der Waals surface area contributed by atoms with Crippen molar-refractivity contribution >= 4 is 27.3 Å². The summed E-state index contributed by atoms with van der Waals surface area (Å²) in [7, 11) is -3.54. The molecule has 0 bridgehead atoms. The Morgan fingerprint density at radius 2 is 1.95 bits per heavy atom. The van der Waals surface area contributed by atoms with E-state index in [4.69, 9.17) is 0 Å². The molecule has 1 unspecified atom stereocenters. The van der Waals surface area contributed by atoms with Gasteiger partial charge in [0.2, 0.25) is 5.91 Å². The second-order valence-electron chi connectivity index (χ2n) is 6.05. The third-order valence-electron chi connectivity index (χ3n) is 4.52. The van der Waals surface area contributed by atoms with Gasteiger partial charge in [0.05, 0.1) is 0 Å². The summed E-state index contributed by atoms with van der Waals surface area (Å²) in [5.41, 5.74) is 0. The first kappa shape index (κ1) is 16.0. The van der Waals surface area contributed by atoms with Crippen molar-refractivity contribution in [1.82, 2.24) is 9.62 Å². The molecular weight excluding hydrogens is 320 g/mol. The van der Waals surface area contributed by atoms with Crippen LogP contribution in [0.3, 0.4) is 0 Å². The molecule has 5 nitrogen and oxygen atoms in total. The molecule has 1 saturated carbocycles. The molecule has 0 aromatic carbocycles. The maximum atomic E-state index is 12.7. The predicted molar refractivity (Wildman–Crippen MR) is 86.2 cm³/mol. The van der Waals surface area contributed by atoms with Gasteiger partial charge in [-0.05, 0) is 37.1 Å². The third-order valence-corrected chi connectivity index (χ3v) is 7.80. The van der Waals surface area contributed by atoms with Crippen LogP contribution in [0.15, 0.2) is 21.7 Å². The van der Waals surface area contributed by atoms with Crippen molar-refractivity contribution in [3.63, 3.8) is 0 Å². The average molecular weight is 342 g/mol. The van der Waals surface area contributed by atoms with Crippen molar-refractivity contribution in [1.29, 1.82) is 0 Å². The summed E-state index contributed by atoms with van der Waals surface area (Å²) in [6.45, 7) is 0.434. The van der Waals surface area contributed by atoms with Crippen LogP contribution >= 0.6 is 11.3 Å². The van der Waals surface area contributed by atoms with Gasteiger partial charge in [0.25, 0.3) is 10.0 Å². The van der Waals surface area contributed by atoms with Crippen LogP contribution in [0.5, 0.6) is 0 Å². The molecule has 22 heavy (non-hydrogen) atoms. The first-order chi connectivity index (χ1) is 10.6. The predicted octanol–water partition coefficient (Wildman–Crippen LogP) is 2.35. The van der Waals surface area contributed by atoms with Gasteiger partial charge in [0, 0.05) is 12.6 Å². The number of rotatable bonds is 4. The van der Waals surface area contributed by atoms with Crippen molar-refractivity contribution < 1.29 is 13.2 Å². The van der Waals surface area contributed by atoms with Crippen LogP contribution < -0.4 is 5.32 Å². The summed E-state index contributed by atoms with van der Waals surface area (Å²) in [5, 5.41) is 4.82. The first-order valence-electron chi connectivity index (χ1n) is 7.95. The minimum Gasteiger partial charge on any atom is -0.352 e. The Morgan fingerprint density at radius 3 is 2.64 bits per heavy atom. The molecule has 1 aliphatic heterocycles. The summed E-state index contributed by atoms with van der Waals surface area (Å²) in [6.07, 6.45) is 6.90. The third kappa shape index (κ3) is 3.21. The van der Waals surface area contributed by atoms with E-state index in [-0.39, 0.29) is 11.9 Å². The fourth-order valence-electron chi connectivity index (χ4n) is 3.36. The molecule has 1 aromatic rings. The topological polar surface area (TPSA) is 66.5 Å². The van der Waals surface area contributed by atoms with Crippen LogP contribution in [0.4, 0.5) is 0 Å². The molecule has 1 N–H and O–H groups in total. The van der Waals surface area contributed by atoms with Crippen molar-refractivity contribution in [2.45, 2.75) is 61.2 Å². The number of nitrogens with zero attached hydrogens (tertiary/aromatic N) is 1. The van der Waals surface area contributed by atoms with Gasteiger partial charge in [-0.25, -0.2) is 8.42 Å². The molecule has 2 fully saturated rings. The zero-order valence-corrected chi connectivity index (χ0v) is 14.2. The molecule has 122 valence electrons. The van der Waals surface area contributed by atoms with Crippen molar-refractivity contribution in [3.8, 4) is 0 Å². The van der Waals surface area contributed by atoms with E-state index in [2.05, 4.69) is 5.32 Å². The maximum absolute atomic E-state index is 12.7. The molecule has 2 aliphatic rings. The minimum atomic E-state index is -3.54. The first-order valence-corrected chi connectivity index (χ1v) is 10.3. The van der Waals surface area contributed by atoms with Crippen molar-refractivity contribution in [2.75, 3.05) is 6.54 Å². The lowest BCUT2D eigenvalue weighted by atomic mass is 9.95. The molecule has 1 atom stereocenters. The maximum Gasteiger partial charge on any atom is 0.253 e. The SMILES string of the molecule is O=C(NC1CCCCC1)C1CCCN1S(=O)(=O)c1cccs1. The van der Waals surface area contributed by atoms with E-state index in [0.717, 1.165) is 32.1 Å². The van der Waals surface area contributed by atoms with Crippen molar-refractivity contribution in [2.24, 2.45) is 0 Å². The Hall–Kier alpha value is -0.920. The standard InChI is InChI=1S/C15H22N2O3S2/c18-15(16-12-6-2-1-3-7-12)13-8-4-10-17(13)22(19,20)14-9-5-11-21-14/h5,9,11-13H,1-4,6-8,10H2,(H,16,18). The smallest absolute Gasteiger partial charge is 0.253 e. The van der Waals surface area contributed by atoms with Gasteiger partial charge in [0.1, 0.15) is 10.3 Å². The van der Waals surface area contributed by atoms with Crippen LogP contribution in [-0.4, -0.2) is 37.3 Å². The number of carbonyl (C=O) groups is 1. The van der Waals surface area contributed by atoms with Crippen LogP contribution in [0.25, 0.3) is 0 Å². The number of thiophene rings is 1. The number of carbonyl (C=O) groups excluding carboxylic acids is 1. The Kier molecular flexibility index (Phi) is 4.84. The minimum absolute atomic E-state index is 0.121. The van der Waals surface area contributed by atoms with Gasteiger partial charge in [-0.15, -0.1) is 11.3 Å². The highest BCUT2D eigenvalue weighted by Crippen LogP contribution is 2.29. The summed E-state index contributed by atoms with van der Waals surface area (Å²) in [5.74, 6) is -0.121. The van der Waals surface area contributed by atoms with Crippen molar-refractivity contribution in [3.05, 3.63) is 17.5 Å². The highest BCUT2D eigenvalue weighted by molar-refractivity contribution is 7.91. The molecule has 0 spiro atoms. The van der Waals surface area contributed by atoms with Gasteiger partial charge in [-0.1, -0.05) is 25.3 Å². The van der Waals surface area contributed by atoms with E-state index in [1.54, 1.807) is 17.5 Å². The molecule has 1 aliphatic carbocycles. The zero-order valence-electron chi connectivity index (χ0n) is 12.5. The molecule has 1 aromatic heterocycles. The number of hydrogen-bond donors (Lipinski definition) is 1. The van der Waals surface area contributed by atoms with E-state index in [0.29, 0.717) is 17.2 Å².